The van der Waals surface area contributed by atoms with E-state index >= 15 is 0 Å². The zero-order chi connectivity index (χ0) is 22.5. The van der Waals surface area contributed by atoms with Crippen molar-refractivity contribution in [3.8, 4) is 0 Å². The van der Waals surface area contributed by atoms with Gasteiger partial charge in [0.25, 0.3) is 0 Å². The van der Waals surface area contributed by atoms with Crippen LogP contribution in [-0.4, -0.2) is 6.54 Å². The van der Waals surface area contributed by atoms with Gasteiger partial charge in [-0.05, 0) is 13.0 Å². The van der Waals surface area contributed by atoms with Crippen LogP contribution in [0, 0.1) is 0 Å². The summed E-state index contributed by atoms with van der Waals surface area (Å²) in [6.07, 6.45) is 40.8. The molecule has 0 aromatic carbocycles. The molecule has 0 aliphatic carbocycles. The van der Waals surface area contributed by atoms with Crippen molar-refractivity contribution in [1.82, 2.24) is 0 Å². The van der Waals surface area contributed by atoms with Crippen molar-refractivity contribution in [3.63, 3.8) is 0 Å². The first-order valence-corrected chi connectivity index (χ1v) is 15.1. The van der Waals surface area contributed by atoms with Crippen LogP contribution in [0.3, 0.4) is 0 Å². The van der Waals surface area contributed by atoms with Gasteiger partial charge in [0.2, 0.25) is 0 Å². The largest absolute Gasteiger partial charge is 0.330 e. The van der Waals surface area contributed by atoms with Crippen molar-refractivity contribution >= 4 is 12.4 Å². The van der Waals surface area contributed by atoms with Gasteiger partial charge < -0.3 is 5.73 Å². The van der Waals surface area contributed by atoms with E-state index in [0.29, 0.717) is 0 Å². The summed E-state index contributed by atoms with van der Waals surface area (Å²) in [6.45, 7) is 3.18. The number of unbranched alkanes of at least 4 members (excludes halogenated alkanes) is 27. The number of hydrogen-bond acceptors (Lipinski definition) is 1. The Morgan fingerprint density at radius 2 is 0.438 bits per heavy atom. The molecule has 1 nitrogen and oxygen atoms in total. The molecule has 32 heavy (non-hydrogen) atoms. The lowest BCUT2D eigenvalue weighted by molar-refractivity contribution is 0.514. The Labute approximate surface area is 211 Å². The molecule has 0 spiro atoms. The van der Waals surface area contributed by atoms with Gasteiger partial charge in [-0.15, -0.1) is 12.4 Å². The van der Waals surface area contributed by atoms with Gasteiger partial charge in [0.05, 0.1) is 0 Å². The van der Waals surface area contributed by atoms with E-state index in [1.165, 1.54) is 180 Å². The first-order valence-electron chi connectivity index (χ1n) is 15.1. The second-order valence-corrected chi connectivity index (χ2v) is 10.3. The van der Waals surface area contributed by atoms with Crippen LogP contribution in [0.4, 0.5) is 0 Å². The minimum atomic E-state index is 0. The molecule has 2 heteroatoms. The molecule has 0 bridgehead atoms. The van der Waals surface area contributed by atoms with E-state index in [1.54, 1.807) is 0 Å². The summed E-state index contributed by atoms with van der Waals surface area (Å²) in [5, 5.41) is 0. The van der Waals surface area contributed by atoms with Crippen LogP contribution < -0.4 is 5.73 Å². The lowest BCUT2D eigenvalue weighted by Gasteiger charge is -2.04. The molecule has 0 radical (unpaired) electrons. The Bertz CT molecular complexity index is 267. The van der Waals surface area contributed by atoms with Gasteiger partial charge in [-0.25, -0.2) is 0 Å². The zero-order valence-electron chi connectivity index (χ0n) is 22.5. The summed E-state index contributed by atoms with van der Waals surface area (Å²) in [7, 11) is 0. The maximum Gasteiger partial charge on any atom is -0.00773 e. The summed E-state index contributed by atoms with van der Waals surface area (Å²) in [5.74, 6) is 0. The van der Waals surface area contributed by atoms with Crippen LogP contribution in [0.5, 0.6) is 0 Å². The predicted molar refractivity (Wildman–Crippen MR) is 151 cm³/mol. The highest BCUT2D eigenvalue weighted by molar-refractivity contribution is 5.85. The van der Waals surface area contributed by atoms with Crippen molar-refractivity contribution in [3.05, 3.63) is 0 Å². The highest BCUT2D eigenvalue weighted by Crippen LogP contribution is 2.16. The number of hydrogen-bond donors (Lipinski definition) is 1. The molecular weight excluding hydrogens is 410 g/mol. The Morgan fingerprint density at radius 1 is 0.281 bits per heavy atom. The molecule has 196 valence electrons. The molecule has 0 aliphatic heterocycles. The van der Waals surface area contributed by atoms with E-state index in [2.05, 4.69) is 6.92 Å². The fourth-order valence-corrected chi connectivity index (χ4v) is 4.81. The van der Waals surface area contributed by atoms with Gasteiger partial charge in [-0.3, -0.25) is 0 Å². The maximum absolute atomic E-state index is 5.53. The fourth-order valence-electron chi connectivity index (χ4n) is 4.81. The number of rotatable bonds is 28. The summed E-state index contributed by atoms with van der Waals surface area (Å²) in [6, 6.07) is 0. The third-order valence-electron chi connectivity index (χ3n) is 7.06. The van der Waals surface area contributed by atoms with Gasteiger partial charge in [-0.2, -0.15) is 0 Å². The van der Waals surface area contributed by atoms with Crippen LogP contribution >= 0.6 is 12.4 Å². The second-order valence-electron chi connectivity index (χ2n) is 10.3. The van der Waals surface area contributed by atoms with E-state index in [0.717, 1.165) is 6.54 Å². The SMILES string of the molecule is CCCCCCCCCCCCCCCCCCCCCCCCCCCCCCN.Cl. The summed E-state index contributed by atoms with van der Waals surface area (Å²) < 4.78 is 0. The zero-order valence-corrected chi connectivity index (χ0v) is 23.3. The quantitative estimate of drug-likeness (QED) is 0.112. The van der Waals surface area contributed by atoms with Gasteiger partial charge in [-0.1, -0.05) is 180 Å². The normalized spacial score (nSPS) is 11.1. The number of nitrogens with two attached hydrogens (primary N) is 1. The molecule has 0 aliphatic rings. The van der Waals surface area contributed by atoms with E-state index in [-0.39, 0.29) is 12.4 Å². The minimum Gasteiger partial charge on any atom is -0.330 e. The summed E-state index contributed by atoms with van der Waals surface area (Å²) in [5.41, 5.74) is 5.53. The molecule has 0 unspecified atom stereocenters. The highest BCUT2D eigenvalue weighted by Gasteiger charge is 1.96. The van der Waals surface area contributed by atoms with Crippen LogP contribution in [-0.2, 0) is 0 Å². The average Bonchev–Trinajstić information content (AvgIpc) is 2.78. The van der Waals surface area contributed by atoms with E-state index in [1.807, 2.05) is 0 Å². The highest BCUT2D eigenvalue weighted by atomic mass is 35.5. The van der Waals surface area contributed by atoms with Crippen molar-refractivity contribution < 1.29 is 0 Å². The molecule has 0 amide bonds. The van der Waals surface area contributed by atoms with Crippen molar-refractivity contribution in [1.29, 1.82) is 0 Å². The maximum atomic E-state index is 5.53. The molecule has 0 heterocycles. The Balaban J connectivity index is 0. The van der Waals surface area contributed by atoms with Gasteiger partial charge >= 0.3 is 0 Å². The van der Waals surface area contributed by atoms with Crippen LogP contribution in [0.15, 0.2) is 0 Å². The third kappa shape index (κ3) is 32.4. The standard InChI is InChI=1S/C30H63N.ClH/c1-2-3-4-5-6-7-8-9-10-11-12-13-14-15-16-17-18-19-20-21-22-23-24-25-26-27-28-29-30-31;/h2-31H2,1H3;1H. The van der Waals surface area contributed by atoms with Gasteiger partial charge in [0, 0.05) is 0 Å². The Morgan fingerprint density at radius 3 is 0.594 bits per heavy atom. The minimum absolute atomic E-state index is 0. The lowest BCUT2D eigenvalue weighted by Crippen LogP contribution is -1.97. The smallest absolute Gasteiger partial charge is 0.00773 e. The van der Waals surface area contributed by atoms with Crippen LogP contribution in [0.1, 0.15) is 187 Å². The Hall–Kier alpha value is 0.250. The Kier molecular flexibility index (Phi) is 35.9. The van der Waals surface area contributed by atoms with Gasteiger partial charge in [0.1, 0.15) is 0 Å². The second kappa shape index (κ2) is 33.4. The molecule has 0 rings (SSSR count). The number of halogens is 1. The molecule has 0 fully saturated rings. The molecule has 0 aromatic rings. The van der Waals surface area contributed by atoms with Crippen LogP contribution in [0.25, 0.3) is 0 Å². The monoisotopic (exact) mass is 473 g/mol. The van der Waals surface area contributed by atoms with Crippen LogP contribution in [0.2, 0.25) is 0 Å². The average molecular weight is 474 g/mol. The molecule has 0 saturated heterocycles. The van der Waals surface area contributed by atoms with E-state index in [4.69, 9.17) is 5.73 Å². The first-order chi connectivity index (χ1) is 15.4. The topological polar surface area (TPSA) is 26.0 Å². The summed E-state index contributed by atoms with van der Waals surface area (Å²) in [4.78, 5) is 0. The van der Waals surface area contributed by atoms with Gasteiger partial charge in [0.15, 0.2) is 0 Å². The summed E-state index contributed by atoms with van der Waals surface area (Å²) >= 11 is 0. The van der Waals surface area contributed by atoms with Crippen molar-refractivity contribution in [2.24, 2.45) is 5.73 Å². The van der Waals surface area contributed by atoms with Crippen molar-refractivity contribution in [2.75, 3.05) is 6.54 Å². The molecule has 2 N–H and O–H groups in total. The third-order valence-corrected chi connectivity index (χ3v) is 7.06. The molecule has 0 aromatic heterocycles. The van der Waals surface area contributed by atoms with E-state index < -0.39 is 0 Å². The molecule has 0 saturated carbocycles. The molecular formula is C30H64ClN. The van der Waals surface area contributed by atoms with Crippen molar-refractivity contribution in [2.45, 2.75) is 187 Å². The first kappa shape index (κ1) is 34.4. The molecule has 0 atom stereocenters. The fraction of sp³-hybridized carbons (Fsp3) is 1.00. The van der Waals surface area contributed by atoms with E-state index in [9.17, 15) is 0 Å². The predicted octanol–water partition coefficient (Wildman–Crippen LogP) is 11.3. The lowest BCUT2D eigenvalue weighted by atomic mass is 10.0.